The average molecular weight is 379 g/mol. The zero-order valence-electron chi connectivity index (χ0n) is 15.7. The Morgan fingerprint density at radius 3 is 2.93 bits per heavy atom. The van der Waals surface area contributed by atoms with Crippen molar-refractivity contribution in [3.63, 3.8) is 0 Å². The van der Waals surface area contributed by atoms with E-state index in [0.717, 1.165) is 29.8 Å². The van der Waals surface area contributed by atoms with Crippen molar-refractivity contribution in [3.8, 4) is 6.07 Å². The fraction of sp³-hybridized carbons (Fsp3) is 0.368. The van der Waals surface area contributed by atoms with E-state index in [-0.39, 0.29) is 0 Å². The van der Waals surface area contributed by atoms with Crippen LogP contribution in [0.5, 0.6) is 0 Å². The maximum absolute atomic E-state index is 11.5. The van der Waals surface area contributed by atoms with E-state index in [1.807, 2.05) is 25.1 Å². The normalized spacial score (nSPS) is 20.2. The highest BCUT2D eigenvalue weighted by molar-refractivity contribution is 6.14. The van der Waals surface area contributed by atoms with Crippen molar-refractivity contribution in [1.29, 1.82) is 5.26 Å². The molecule has 1 saturated carbocycles. The Bertz CT molecular complexity index is 940. The molecule has 4 rings (SSSR count). The van der Waals surface area contributed by atoms with Crippen LogP contribution in [0, 0.1) is 18.3 Å². The molecule has 2 heterocycles. The lowest BCUT2D eigenvalue weighted by Gasteiger charge is -2.26. The van der Waals surface area contributed by atoms with Gasteiger partial charge in [0.05, 0.1) is 25.4 Å². The van der Waals surface area contributed by atoms with Crippen molar-refractivity contribution in [2.45, 2.75) is 31.8 Å². The van der Waals surface area contributed by atoms with Gasteiger partial charge in [-0.3, -0.25) is 10.3 Å². The van der Waals surface area contributed by atoms with Crippen LogP contribution in [0.2, 0.25) is 0 Å². The van der Waals surface area contributed by atoms with Crippen LogP contribution in [0.25, 0.3) is 0 Å². The third kappa shape index (κ3) is 3.62. The quantitative estimate of drug-likeness (QED) is 0.739. The summed E-state index contributed by atoms with van der Waals surface area (Å²) in [6.07, 6.45) is 3.64. The number of rotatable bonds is 4. The Morgan fingerprint density at radius 2 is 2.21 bits per heavy atom. The summed E-state index contributed by atoms with van der Waals surface area (Å²) in [4.78, 5) is 15.9. The largest absolute Gasteiger partial charge is 0.453 e. The number of hydrazone groups is 1. The van der Waals surface area contributed by atoms with Crippen molar-refractivity contribution >= 4 is 29.1 Å². The van der Waals surface area contributed by atoms with Crippen LogP contribution in [0.15, 0.2) is 40.1 Å². The molecule has 144 valence electrons. The van der Waals surface area contributed by atoms with Crippen molar-refractivity contribution in [2.75, 3.05) is 24.3 Å². The number of nitrogens with zero attached hydrogens (tertiary/aromatic N) is 4. The van der Waals surface area contributed by atoms with E-state index >= 15 is 0 Å². The number of benzene rings is 1. The Labute approximate surface area is 162 Å². The van der Waals surface area contributed by atoms with Crippen molar-refractivity contribution in [1.82, 2.24) is 10.3 Å². The van der Waals surface area contributed by atoms with Crippen molar-refractivity contribution < 1.29 is 9.53 Å². The highest BCUT2D eigenvalue weighted by Crippen LogP contribution is 2.26. The Hall–Kier alpha value is -3.54. The van der Waals surface area contributed by atoms with Gasteiger partial charge in [-0.1, -0.05) is 6.07 Å². The lowest BCUT2D eigenvalue weighted by atomic mass is 10.1. The van der Waals surface area contributed by atoms with Crippen LogP contribution >= 0.6 is 0 Å². The zero-order valence-corrected chi connectivity index (χ0v) is 15.7. The maximum Gasteiger partial charge on any atom is 0.411 e. The molecule has 3 aliphatic rings. The molecule has 1 unspecified atom stereocenters. The number of fused-ring (bicyclic) bond motifs is 1. The second-order valence-corrected chi connectivity index (χ2v) is 6.89. The number of ether oxygens (including phenoxy) is 1. The Balaban J connectivity index is 1.60. The predicted octanol–water partition coefficient (Wildman–Crippen LogP) is 2.15. The smallest absolute Gasteiger partial charge is 0.411 e. The minimum atomic E-state index is -0.532. The van der Waals surface area contributed by atoms with Crippen LogP contribution in [0.4, 0.5) is 16.2 Å². The zero-order chi connectivity index (χ0) is 19.7. The first-order chi connectivity index (χ1) is 13.6. The minimum Gasteiger partial charge on any atom is -0.453 e. The molecule has 9 nitrogen and oxygen atoms in total. The summed E-state index contributed by atoms with van der Waals surface area (Å²) in [5, 5.41) is 25.1. The SMILES string of the molecule is COC(=O)Nc1ccc(C)c(NC2=NN3C(=NCC3C#N)C(NC3CC3)=C2)c1. The summed E-state index contributed by atoms with van der Waals surface area (Å²) >= 11 is 0. The topological polar surface area (TPSA) is 114 Å². The molecule has 3 N–H and O–H groups in total. The number of nitrogens with one attached hydrogen (secondary N) is 3. The fourth-order valence-electron chi connectivity index (χ4n) is 2.99. The van der Waals surface area contributed by atoms with E-state index in [0.29, 0.717) is 29.9 Å². The first-order valence-electron chi connectivity index (χ1n) is 9.10. The molecule has 2 aliphatic heterocycles. The molecule has 28 heavy (non-hydrogen) atoms. The highest BCUT2D eigenvalue weighted by Gasteiger charge is 2.35. The van der Waals surface area contributed by atoms with Gasteiger partial charge in [0, 0.05) is 23.5 Å². The molecule has 1 aromatic carbocycles. The summed E-state index contributed by atoms with van der Waals surface area (Å²) in [7, 11) is 1.32. The monoisotopic (exact) mass is 379 g/mol. The minimum absolute atomic E-state index is 0.407. The lowest BCUT2D eigenvalue weighted by molar-refractivity contribution is 0.187. The van der Waals surface area contributed by atoms with Gasteiger partial charge in [-0.05, 0) is 37.5 Å². The number of hydrogen-bond acceptors (Lipinski definition) is 8. The molecule has 0 aromatic heterocycles. The fourth-order valence-corrected chi connectivity index (χ4v) is 2.99. The van der Waals surface area contributed by atoms with E-state index in [9.17, 15) is 10.1 Å². The third-order valence-electron chi connectivity index (χ3n) is 4.68. The standard InChI is InChI=1S/C19H21N7O2/c1-11-3-4-13(23-19(27)28-2)7-15(11)24-17-8-16(22-12-5-6-12)18-21-10-14(9-20)26(18)25-17/h3-4,7-8,12,14,22H,5-6,10H2,1-2H3,(H,23,27)(H,24,25). The van der Waals surface area contributed by atoms with E-state index < -0.39 is 12.1 Å². The van der Waals surface area contributed by atoms with Crippen LogP contribution < -0.4 is 16.0 Å². The van der Waals surface area contributed by atoms with Gasteiger partial charge >= 0.3 is 6.09 Å². The Kier molecular flexibility index (Phi) is 4.61. The number of nitriles is 1. The highest BCUT2D eigenvalue weighted by atomic mass is 16.5. The molecular weight excluding hydrogens is 358 g/mol. The van der Waals surface area contributed by atoms with Gasteiger partial charge in [0.25, 0.3) is 0 Å². The van der Waals surface area contributed by atoms with E-state index in [4.69, 9.17) is 0 Å². The molecule has 9 heteroatoms. The summed E-state index contributed by atoms with van der Waals surface area (Å²) in [6, 6.07) is 7.79. The van der Waals surface area contributed by atoms with Gasteiger partial charge in [0.1, 0.15) is 0 Å². The maximum atomic E-state index is 11.5. The van der Waals surface area contributed by atoms with E-state index in [1.54, 1.807) is 11.1 Å². The molecule has 1 aliphatic carbocycles. The van der Waals surface area contributed by atoms with Gasteiger partial charge < -0.3 is 15.4 Å². The number of hydrogen-bond donors (Lipinski definition) is 3. The molecule has 1 fully saturated rings. The lowest BCUT2D eigenvalue weighted by Crippen LogP contribution is -2.40. The number of carbonyl (C=O) groups excluding carboxylic acids is 1. The number of amides is 1. The molecular formula is C19H21N7O2. The summed E-state index contributed by atoms with van der Waals surface area (Å²) in [5.74, 6) is 1.31. The molecule has 0 spiro atoms. The summed E-state index contributed by atoms with van der Waals surface area (Å²) < 4.78 is 4.64. The second kappa shape index (κ2) is 7.23. The number of methoxy groups -OCH3 is 1. The van der Waals surface area contributed by atoms with Gasteiger partial charge in [-0.15, -0.1) is 0 Å². The summed E-state index contributed by atoms with van der Waals surface area (Å²) in [5.41, 5.74) is 3.26. The van der Waals surface area contributed by atoms with Gasteiger partial charge in [0.15, 0.2) is 17.7 Å². The first kappa shape index (κ1) is 17.9. The number of anilines is 2. The summed E-state index contributed by atoms with van der Waals surface area (Å²) in [6.45, 7) is 2.37. The number of aryl methyl sites for hydroxylation is 1. The van der Waals surface area contributed by atoms with Crippen LogP contribution in [0.3, 0.4) is 0 Å². The number of carbonyl (C=O) groups is 1. The number of aliphatic imine (C=N–C) groups is 1. The van der Waals surface area contributed by atoms with Crippen LogP contribution in [-0.4, -0.2) is 48.5 Å². The molecule has 1 amide bonds. The molecule has 1 aromatic rings. The van der Waals surface area contributed by atoms with Crippen LogP contribution in [-0.2, 0) is 4.74 Å². The molecule has 1 atom stereocenters. The third-order valence-corrected chi connectivity index (χ3v) is 4.68. The first-order valence-corrected chi connectivity index (χ1v) is 9.10. The molecule has 0 radical (unpaired) electrons. The van der Waals surface area contributed by atoms with Gasteiger partial charge in [-0.2, -0.15) is 10.4 Å². The van der Waals surface area contributed by atoms with E-state index in [1.165, 1.54) is 7.11 Å². The van der Waals surface area contributed by atoms with Crippen LogP contribution in [0.1, 0.15) is 18.4 Å². The average Bonchev–Trinajstić information content (AvgIpc) is 3.40. The molecule has 0 bridgehead atoms. The van der Waals surface area contributed by atoms with Gasteiger partial charge in [-0.25, -0.2) is 9.80 Å². The van der Waals surface area contributed by atoms with Crippen molar-refractivity contribution in [3.05, 3.63) is 35.5 Å². The Morgan fingerprint density at radius 1 is 1.39 bits per heavy atom. The van der Waals surface area contributed by atoms with Crippen molar-refractivity contribution in [2.24, 2.45) is 10.1 Å². The second-order valence-electron chi connectivity index (χ2n) is 6.89. The predicted molar refractivity (Wildman–Crippen MR) is 106 cm³/mol. The number of amidine groups is 2. The van der Waals surface area contributed by atoms with Gasteiger partial charge in [0.2, 0.25) is 0 Å². The van der Waals surface area contributed by atoms with E-state index in [2.05, 4.69) is 36.9 Å². The molecule has 0 saturated heterocycles.